The van der Waals surface area contributed by atoms with Crippen molar-refractivity contribution in [3.05, 3.63) is 23.3 Å². The minimum atomic E-state index is -4.56. The van der Waals surface area contributed by atoms with Crippen LogP contribution in [-0.4, -0.2) is 22.7 Å². The Hall–Kier alpha value is -1.72. The third-order valence-corrected chi connectivity index (χ3v) is 1.79. The molecule has 0 unspecified atom stereocenters. The Labute approximate surface area is 82.8 Å². The lowest BCUT2D eigenvalue weighted by atomic mass is 10.1. The van der Waals surface area contributed by atoms with Gasteiger partial charge in [0.1, 0.15) is 11.5 Å². The molecule has 0 heterocycles. The zero-order valence-electron chi connectivity index (χ0n) is 7.38. The zero-order valence-corrected chi connectivity index (χ0v) is 7.38. The molecular formula is C9H7F3O3. The molecule has 0 aliphatic heterocycles. The first-order valence-electron chi connectivity index (χ1n) is 3.91. The summed E-state index contributed by atoms with van der Waals surface area (Å²) in [4.78, 5) is 10.3. The Morgan fingerprint density at radius 3 is 2.33 bits per heavy atom. The van der Waals surface area contributed by atoms with Crippen LogP contribution in [0.3, 0.4) is 0 Å². The van der Waals surface area contributed by atoms with E-state index in [4.69, 9.17) is 5.11 Å². The zero-order chi connectivity index (χ0) is 11.6. The van der Waals surface area contributed by atoms with Crippen LogP contribution in [0, 0.1) is 0 Å². The van der Waals surface area contributed by atoms with Gasteiger partial charge in [-0.25, -0.2) is 0 Å². The number of phenolic OH excluding ortho intramolecular Hbond substituents is 2. The van der Waals surface area contributed by atoms with Crippen LogP contribution in [0.2, 0.25) is 0 Å². The number of carbonyl (C=O) groups excluding carboxylic acids is 1. The van der Waals surface area contributed by atoms with E-state index < -0.39 is 29.7 Å². The van der Waals surface area contributed by atoms with Crippen molar-refractivity contribution in [1.29, 1.82) is 0 Å². The minimum Gasteiger partial charge on any atom is -0.508 e. The lowest BCUT2D eigenvalue weighted by molar-refractivity contribution is -0.127. The molecule has 1 aromatic carbocycles. The second-order valence-electron chi connectivity index (χ2n) is 2.91. The van der Waals surface area contributed by atoms with Crippen molar-refractivity contribution >= 4 is 6.29 Å². The number of aromatic hydroxyl groups is 2. The van der Waals surface area contributed by atoms with E-state index >= 15 is 0 Å². The first-order chi connectivity index (χ1) is 6.85. The van der Waals surface area contributed by atoms with Crippen LogP contribution in [-0.2, 0) is 6.42 Å². The predicted octanol–water partition coefficient (Wildman–Crippen LogP) is 2.02. The van der Waals surface area contributed by atoms with Gasteiger partial charge in [0.25, 0.3) is 0 Å². The van der Waals surface area contributed by atoms with E-state index in [2.05, 4.69) is 0 Å². The van der Waals surface area contributed by atoms with Gasteiger partial charge < -0.3 is 10.2 Å². The topological polar surface area (TPSA) is 57.5 Å². The molecule has 1 rings (SSSR count). The van der Waals surface area contributed by atoms with Crippen LogP contribution < -0.4 is 0 Å². The van der Waals surface area contributed by atoms with E-state index in [1.165, 1.54) is 0 Å². The molecule has 0 radical (unpaired) electrons. The van der Waals surface area contributed by atoms with E-state index in [0.29, 0.717) is 0 Å². The monoisotopic (exact) mass is 220 g/mol. The Morgan fingerprint density at radius 2 is 1.87 bits per heavy atom. The lowest BCUT2D eigenvalue weighted by Crippen LogP contribution is -2.12. The summed E-state index contributed by atoms with van der Waals surface area (Å²) in [7, 11) is 0. The molecule has 0 fully saturated rings. The molecule has 0 bridgehead atoms. The SMILES string of the molecule is O=Cc1ccc(O)c(CC(F)(F)F)c1O. The molecule has 15 heavy (non-hydrogen) atoms. The third-order valence-electron chi connectivity index (χ3n) is 1.79. The molecule has 0 aliphatic rings. The lowest BCUT2D eigenvalue weighted by Gasteiger charge is -2.11. The van der Waals surface area contributed by atoms with Gasteiger partial charge in [0, 0.05) is 5.56 Å². The van der Waals surface area contributed by atoms with Crippen molar-refractivity contribution in [2.45, 2.75) is 12.6 Å². The number of benzene rings is 1. The van der Waals surface area contributed by atoms with Gasteiger partial charge in [-0.05, 0) is 12.1 Å². The molecule has 82 valence electrons. The maximum Gasteiger partial charge on any atom is 0.393 e. The van der Waals surface area contributed by atoms with Crippen LogP contribution in [0.4, 0.5) is 13.2 Å². The molecule has 3 nitrogen and oxygen atoms in total. The van der Waals surface area contributed by atoms with Crippen molar-refractivity contribution in [2.24, 2.45) is 0 Å². The second-order valence-corrected chi connectivity index (χ2v) is 2.91. The maximum atomic E-state index is 12.0. The van der Waals surface area contributed by atoms with Crippen molar-refractivity contribution in [3.63, 3.8) is 0 Å². The van der Waals surface area contributed by atoms with Gasteiger partial charge in [-0.1, -0.05) is 0 Å². The molecule has 6 heteroatoms. The highest BCUT2D eigenvalue weighted by Crippen LogP contribution is 2.34. The summed E-state index contributed by atoms with van der Waals surface area (Å²) in [5.41, 5.74) is -0.973. The van der Waals surface area contributed by atoms with E-state index in [0.717, 1.165) is 12.1 Å². The van der Waals surface area contributed by atoms with Gasteiger partial charge in [-0.2, -0.15) is 13.2 Å². The van der Waals surface area contributed by atoms with E-state index in [-0.39, 0.29) is 11.8 Å². The number of hydrogen-bond donors (Lipinski definition) is 2. The fourth-order valence-electron chi connectivity index (χ4n) is 1.11. The molecule has 0 saturated carbocycles. The van der Waals surface area contributed by atoms with Gasteiger partial charge in [0.15, 0.2) is 6.29 Å². The Balaban J connectivity index is 3.21. The van der Waals surface area contributed by atoms with Crippen LogP contribution in [0.1, 0.15) is 15.9 Å². The van der Waals surface area contributed by atoms with Crippen molar-refractivity contribution in [3.8, 4) is 11.5 Å². The number of phenols is 2. The molecule has 0 spiro atoms. The average molecular weight is 220 g/mol. The molecular weight excluding hydrogens is 213 g/mol. The number of carbonyl (C=O) groups is 1. The smallest absolute Gasteiger partial charge is 0.393 e. The molecule has 1 aromatic rings. The number of halogens is 3. The van der Waals surface area contributed by atoms with Crippen LogP contribution >= 0.6 is 0 Å². The summed E-state index contributed by atoms with van der Waals surface area (Å²) in [6, 6.07) is 1.97. The number of hydrogen-bond acceptors (Lipinski definition) is 3. The number of rotatable bonds is 2. The van der Waals surface area contributed by atoms with Gasteiger partial charge in [-0.3, -0.25) is 4.79 Å². The molecule has 0 amide bonds. The highest BCUT2D eigenvalue weighted by Gasteiger charge is 2.31. The summed E-state index contributed by atoms with van der Waals surface area (Å²) in [6.07, 6.45) is -5.82. The average Bonchev–Trinajstić information content (AvgIpc) is 2.11. The highest BCUT2D eigenvalue weighted by molar-refractivity contribution is 5.80. The summed E-state index contributed by atoms with van der Waals surface area (Å²) >= 11 is 0. The van der Waals surface area contributed by atoms with E-state index in [1.807, 2.05) is 0 Å². The Morgan fingerprint density at radius 1 is 1.27 bits per heavy atom. The van der Waals surface area contributed by atoms with Gasteiger partial charge >= 0.3 is 6.18 Å². The minimum absolute atomic E-state index is 0.217. The summed E-state index contributed by atoms with van der Waals surface area (Å²) < 4.78 is 36.1. The third kappa shape index (κ3) is 2.61. The van der Waals surface area contributed by atoms with Crippen molar-refractivity contribution < 1.29 is 28.2 Å². The maximum absolute atomic E-state index is 12.0. The van der Waals surface area contributed by atoms with Crippen LogP contribution in [0.15, 0.2) is 12.1 Å². The fraction of sp³-hybridized carbons (Fsp3) is 0.222. The van der Waals surface area contributed by atoms with Gasteiger partial charge in [0.05, 0.1) is 12.0 Å². The number of aldehydes is 1. The quantitative estimate of drug-likeness (QED) is 0.749. The van der Waals surface area contributed by atoms with Crippen LogP contribution in [0.5, 0.6) is 11.5 Å². The fourth-order valence-corrected chi connectivity index (χ4v) is 1.11. The van der Waals surface area contributed by atoms with Gasteiger partial charge in [0.2, 0.25) is 0 Å². The van der Waals surface area contributed by atoms with Crippen molar-refractivity contribution in [1.82, 2.24) is 0 Å². The first-order valence-corrected chi connectivity index (χ1v) is 3.91. The molecule has 0 aromatic heterocycles. The van der Waals surface area contributed by atoms with Gasteiger partial charge in [-0.15, -0.1) is 0 Å². The van der Waals surface area contributed by atoms with E-state index in [1.54, 1.807) is 0 Å². The van der Waals surface area contributed by atoms with Crippen molar-refractivity contribution in [2.75, 3.05) is 0 Å². The molecule has 0 aliphatic carbocycles. The Kier molecular flexibility index (Phi) is 2.88. The summed E-state index contributed by atoms with van der Waals surface area (Å²) in [6.45, 7) is 0. The largest absolute Gasteiger partial charge is 0.508 e. The highest BCUT2D eigenvalue weighted by atomic mass is 19.4. The summed E-state index contributed by atoms with van der Waals surface area (Å²) in [5.74, 6) is -1.52. The normalized spacial score (nSPS) is 11.4. The first kappa shape index (κ1) is 11.4. The Bertz CT molecular complexity index is 385. The predicted molar refractivity (Wildman–Crippen MR) is 44.9 cm³/mol. The summed E-state index contributed by atoms with van der Waals surface area (Å²) in [5, 5.41) is 18.3. The molecule has 2 N–H and O–H groups in total. The van der Waals surface area contributed by atoms with E-state index in [9.17, 15) is 23.1 Å². The molecule has 0 saturated heterocycles. The molecule has 0 atom stereocenters. The second kappa shape index (κ2) is 3.80. The standard InChI is InChI=1S/C9H7F3O3/c10-9(11,12)3-6-7(14)2-1-5(4-13)8(6)15/h1-2,4,14-15H,3H2. The number of alkyl halides is 3. The van der Waals surface area contributed by atoms with Crippen LogP contribution in [0.25, 0.3) is 0 Å².